The number of pyridine rings is 1. The van der Waals surface area contributed by atoms with Crippen LogP contribution in [0.3, 0.4) is 0 Å². The highest BCUT2D eigenvalue weighted by Gasteiger charge is 2.29. The third-order valence-electron chi connectivity index (χ3n) is 6.24. The normalized spacial score (nSPS) is 17.0. The minimum atomic E-state index is -0.141. The number of ether oxygens (including phenoxy) is 1. The molecule has 0 spiro atoms. The second kappa shape index (κ2) is 9.56. The second-order valence-electron chi connectivity index (χ2n) is 8.41. The lowest BCUT2D eigenvalue weighted by atomic mass is 10.1. The summed E-state index contributed by atoms with van der Waals surface area (Å²) in [5.74, 6) is 1.34. The van der Waals surface area contributed by atoms with Gasteiger partial charge in [-0.2, -0.15) is 0 Å². The Balaban J connectivity index is 1.41. The number of amides is 1. The molecular formula is C25H27N7O2. The van der Waals surface area contributed by atoms with Crippen LogP contribution < -0.4 is 4.74 Å². The van der Waals surface area contributed by atoms with Crippen LogP contribution in [0.5, 0.6) is 5.88 Å². The van der Waals surface area contributed by atoms with E-state index in [9.17, 15) is 4.79 Å². The van der Waals surface area contributed by atoms with E-state index in [1.54, 1.807) is 38.8 Å². The molecule has 1 atom stereocenters. The number of aromatic amines is 1. The van der Waals surface area contributed by atoms with Crippen LogP contribution in [0.2, 0.25) is 0 Å². The van der Waals surface area contributed by atoms with Crippen molar-refractivity contribution in [2.75, 3.05) is 26.7 Å². The third kappa shape index (κ3) is 4.47. The highest BCUT2D eigenvalue weighted by atomic mass is 16.5. The molecule has 1 fully saturated rings. The van der Waals surface area contributed by atoms with Crippen molar-refractivity contribution in [3.05, 3.63) is 66.6 Å². The van der Waals surface area contributed by atoms with Gasteiger partial charge in [0.05, 0.1) is 41.8 Å². The first-order valence-corrected chi connectivity index (χ1v) is 11.4. The van der Waals surface area contributed by atoms with E-state index >= 15 is 0 Å². The molecule has 1 aliphatic heterocycles. The molecule has 34 heavy (non-hydrogen) atoms. The third-order valence-corrected chi connectivity index (χ3v) is 6.24. The van der Waals surface area contributed by atoms with Crippen LogP contribution >= 0.6 is 0 Å². The molecule has 0 bridgehead atoms. The van der Waals surface area contributed by atoms with Crippen molar-refractivity contribution in [1.82, 2.24) is 34.7 Å². The number of methoxy groups -OCH3 is 1. The SMILES string of the molecule is COc1nc2ccccc2cc1-c1cnc(C2CCN(Cc3cnccn3)CCN2C(C)=O)[nH]1. The Labute approximate surface area is 197 Å². The topological polar surface area (TPSA) is 100 Å². The molecule has 9 heteroatoms. The van der Waals surface area contributed by atoms with E-state index in [4.69, 9.17) is 4.74 Å². The van der Waals surface area contributed by atoms with Gasteiger partial charge in [0.1, 0.15) is 5.82 Å². The van der Waals surface area contributed by atoms with Crippen molar-refractivity contribution >= 4 is 16.8 Å². The van der Waals surface area contributed by atoms with Gasteiger partial charge in [-0.15, -0.1) is 0 Å². The van der Waals surface area contributed by atoms with Gasteiger partial charge in [0.15, 0.2) is 0 Å². The van der Waals surface area contributed by atoms with Crippen LogP contribution in [-0.4, -0.2) is 67.4 Å². The number of para-hydroxylation sites is 1. The second-order valence-corrected chi connectivity index (χ2v) is 8.41. The zero-order chi connectivity index (χ0) is 23.5. The van der Waals surface area contributed by atoms with Crippen LogP contribution in [0.15, 0.2) is 55.1 Å². The number of H-pyrrole nitrogens is 1. The molecule has 4 aromatic rings. The molecule has 4 heterocycles. The van der Waals surface area contributed by atoms with Crippen LogP contribution in [0, 0.1) is 0 Å². The first-order valence-electron chi connectivity index (χ1n) is 11.4. The van der Waals surface area contributed by atoms with Gasteiger partial charge in [0.25, 0.3) is 0 Å². The van der Waals surface area contributed by atoms with Crippen molar-refractivity contribution in [3.63, 3.8) is 0 Å². The number of aromatic nitrogens is 5. The summed E-state index contributed by atoms with van der Waals surface area (Å²) in [5.41, 5.74) is 3.45. The van der Waals surface area contributed by atoms with E-state index in [0.717, 1.165) is 53.2 Å². The van der Waals surface area contributed by atoms with E-state index in [1.165, 1.54) is 0 Å². The lowest BCUT2D eigenvalue weighted by Gasteiger charge is -2.27. The molecule has 1 amide bonds. The molecule has 0 aliphatic carbocycles. The summed E-state index contributed by atoms with van der Waals surface area (Å²) in [6.07, 6.45) is 7.73. The van der Waals surface area contributed by atoms with Gasteiger partial charge in [-0.1, -0.05) is 18.2 Å². The number of imidazole rings is 1. The van der Waals surface area contributed by atoms with Crippen LogP contribution in [-0.2, 0) is 11.3 Å². The van der Waals surface area contributed by atoms with Gasteiger partial charge in [-0.3, -0.25) is 19.7 Å². The smallest absolute Gasteiger partial charge is 0.223 e. The van der Waals surface area contributed by atoms with Gasteiger partial charge in [-0.25, -0.2) is 9.97 Å². The molecule has 3 aromatic heterocycles. The lowest BCUT2D eigenvalue weighted by molar-refractivity contribution is -0.131. The number of carbonyl (C=O) groups is 1. The fraction of sp³-hybridized carbons (Fsp3) is 0.320. The monoisotopic (exact) mass is 457 g/mol. The summed E-state index contributed by atoms with van der Waals surface area (Å²) in [5, 5.41) is 1.02. The van der Waals surface area contributed by atoms with Gasteiger partial charge < -0.3 is 14.6 Å². The van der Waals surface area contributed by atoms with Crippen molar-refractivity contribution in [2.45, 2.75) is 25.9 Å². The Morgan fingerprint density at radius 3 is 2.82 bits per heavy atom. The Bertz CT molecular complexity index is 1290. The van der Waals surface area contributed by atoms with E-state index < -0.39 is 0 Å². The zero-order valence-corrected chi connectivity index (χ0v) is 19.3. The van der Waals surface area contributed by atoms with E-state index in [2.05, 4.69) is 35.9 Å². The maximum Gasteiger partial charge on any atom is 0.223 e. The van der Waals surface area contributed by atoms with Crippen molar-refractivity contribution in [3.8, 4) is 17.1 Å². The van der Waals surface area contributed by atoms with E-state index in [1.807, 2.05) is 29.2 Å². The van der Waals surface area contributed by atoms with E-state index in [0.29, 0.717) is 19.0 Å². The summed E-state index contributed by atoms with van der Waals surface area (Å²) in [4.78, 5) is 38.1. The quantitative estimate of drug-likeness (QED) is 0.491. The predicted octanol–water partition coefficient (Wildman–Crippen LogP) is 3.22. The summed E-state index contributed by atoms with van der Waals surface area (Å²) in [7, 11) is 1.62. The lowest BCUT2D eigenvalue weighted by Crippen LogP contribution is -2.35. The fourth-order valence-corrected chi connectivity index (χ4v) is 4.53. The number of carbonyl (C=O) groups excluding carboxylic acids is 1. The molecule has 1 aromatic carbocycles. The van der Waals surface area contributed by atoms with Gasteiger partial charge >= 0.3 is 0 Å². The maximum atomic E-state index is 12.5. The number of fused-ring (bicyclic) bond motifs is 1. The number of hydrogen-bond donors (Lipinski definition) is 1. The Morgan fingerprint density at radius 2 is 2.03 bits per heavy atom. The Hall–Kier alpha value is -3.85. The minimum absolute atomic E-state index is 0.0363. The summed E-state index contributed by atoms with van der Waals surface area (Å²) < 4.78 is 5.57. The van der Waals surface area contributed by atoms with Gasteiger partial charge in [0.2, 0.25) is 11.8 Å². The molecule has 1 saturated heterocycles. The van der Waals surface area contributed by atoms with Gasteiger partial charge in [0, 0.05) is 57.1 Å². The average molecular weight is 458 g/mol. The zero-order valence-electron chi connectivity index (χ0n) is 19.3. The van der Waals surface area contributed by atoms with Crippen molar-refractivity contribution < 1.29 is 9.53 Å². The highest BCUT2D eigenvalue weighted by Crippen LogP contribution is 2.33. The minimum Gasteiger partial charge on any atom is -0.480 e. The molecule has 0 radical (unpaired) electrons. The Morgan fingerprint density at radius 1 is 1.15 bits per heavy atom. The molecular weight excluding hydrogens is 430 g/mol. The van der Waals surface area contributed by atoms with Crippen molar-refractivity contribution in [2.24, 2.45) is 0 Å². The maximum absolute atomic E-state index is 12.5. The molecule has 174 valence electrons. The Kier molecular flexibility index (Phi) is 6.18. The number of nitrogens with one attached hydrogen (secondary N) is 1. The molecule has 1 N–H and O–H groups in total. The van der Waals surface area contributed by atoms with Crippen molar-refractivity contribution in [1.29, 1.82) is 0 Å². The first-order chi connectivity index (χ1) is 16.6. The number of rotatable bonds is 5. The summed E-state index contributed by atoms with van der Waals surface area (Å²) in [6.45, 7) is 4.53. The highest BCUT2D eigenvalue weighted by molar-refractivity contribution is 5.85. The van der Waals surface area contributed by atoms with Crippen LogP contribution in [0.4, 0.5) is 0 Å². The largest absolute Gasteiger partial charge is 0.480 e. The van der Waals surface area contributed by atoms with Gasteiger partial charge in [-0.05, 0) is 18.6 Å². The summed E-state index contributed by atoms with van der Waals surface area (Å²) >= 11 is 0. The number of hydrogen-bond acceptors (Lipinski definition) is 7. The van der Waals surface area contributed by atoms with E-state index in [-0.39, 0.29) is 11.9 Å². The average Bonchev–Trinajstić information content (AvgIpc) is 3.25. The first kappa shape index (κ1) is 22.0. The molecule has 0 saturated carbocycles. The molecule has 5 rings (SSSR count). The number of benzene rings is 1. The van der Waals surface area contributed by atoms with Crippen LogP contribution in [0.25, 0.3) is 22.2 Å². The summed E-state index contributed by atoms with van der Waals surface area (Å²) in [6, 6.07) is 9.84. The predicted molar refractivity (Wildman–Crippen MR) is 128 cm³/mol. The number of nitrogens with zero attached hydrogens (tertiary/aromatic N) is 6. The molecule has 1 aliphatic rings. The fourth-order valence-electron chi connectivity index (χ4n) is 4.53. The standard InChI is InChI=1S/C25H27N7O2/c1-17(33)32-12-11-31(16-19-14-26-8-9-27-19)10-7-23(32)24-28-15-22(29-24)20-13-18-5-3-4-6-21(18)30-25(20)34-2/h3-6,8-9,13-15,23H,7,10-12,16H2,1-2H3,(H,28,29). The molecule has 1 unspecified atom stereocenters. The van der Waals surface area contributed by atoms with Crippen LogP contribution in [0.1, 0.15) is 30.9 Å². The molecule has 9 nitrogen and oxygen atoms in total.